The summed E-state index contributed by atoms with van der Waals surface area (Å²) in [4.78, 5) is 0. The van der Waals surface area contributed by atoms with E-state index in [-0.39, 0.29) is 5.89 Å². The first kappa shape index (κ1) is 8.68. The van der Waals surface area contributed by atoms with E-state index >= 15 is 0 Å². The van der Waals surface area contributed by atoms with Crippen molar-refractivity contribution in [2.45, 2.75) is 0 Å². The largest absolute Gasteiger partial charge is 0.496 e. The van der Waals surface area contributed by atoms with Gasteiger partial charge in [-0.05, 0) is 12.1 Å². The molecule has 0 aliphatic carbocycles. The molecule has 0 N–H and O–H groups in total. The predicted molar refractivity (Wildman–Crippen MR) is 46.2 cm³/mol. The smallest absolute Gasteiger partial charge is 0.402 e. The lowest BCUT2D eigenvalue weighted by Gasteiger charge is -2.02. The molecule has 0 radical (unpaired) electrons. The van der Waals surface area contributed by atoms with Crippen molar-refractivity contribution in [2.24, 2.45) is 0 Å². The van der Waals surface area contributed by atoms with Crippen LogP contribution in [0.5, 0.6) is 5.75 Å². The zero-order valence-electron chi connectivity index (χ0n) is 7.40. The van der Waals surface area contributed by atoms with E-state index in [4.69, 9.17) is 4.74 Å². The summed E-state index contributed by atoms with van der Waals surface area (Å²) in [5.74, 6) is 0.677. The monoisotopic (exact) mass is 194 g/mol. The Labute approximate surface area is 79.3 Å². The second-order valence-electron chi connectivity index (χ2n) is 2.56. The van der Waals surface area contributed by atoms with Crippen LogP contribution in [0.3, 0.4) is 0 Å². The lowest BCUT2D eigenvalue weighted by atomic mass is 10.2. The molecule has 0 aliphatic rings. The number of halogens is 1. The maximum atomic E-state index is 12.5. The SMILES string of the molecule is COc1ccccc1-c1nnc(F)o1. The minimum atomic E-state index is -0.953. The van der Waals surface area contributed by atoms with Crippen LogP contribution in [0, 0.1) is 6.14 Å². The Morgan fingerprint density at radius 3 is 2.71 bits per heavy atom. The number of para-hydroxylation sites is 1. The fourth-order valence-electron chi connectivity index (χ4n) is 1.14. The first-order chi connectivity index (χ1) is 6.81. The zero-order chi connectivity index (χ0) is 9.97. The number of ether oxygens (including phenoxy) is 1. The minimum Gasteiger partial charge on any atom is -0.496 e. The molecule has 1 aromatic heterocycles. The molecule has 5 heteroatoms. The lowest BCUT2D eigenvalue weighted by Crippen LogP contribution is -1.87. The number of nitrogens with zero attached hydrogens (tertiary/aromatic N) is 2. The van der Waals surface area contributed by atoms with E-state index in [1.54, 1.807) is 24.3 Å². The number of aromatic nitrogens is 2. The van der Waals surface area contributed by atoms with Crippen LogP contribution in [0.15, 0.2) is 28.7 Å². The Morgan fingerprint density at radius 2 is 2.07 bits per heavy atom. The number of hydrogen-bond acceptors (Lipinski definition) is 4. The summed E-state index contributed by atoms with van der Waals surface area (Å²) < 4.78 is 22.2. The van der Waals surface area contributed by atoms with Crippen LogP contribution in [-0.4, -0.2) is 17.3 Å². The summed E-state index contributed by atoms with van der Waals surface area (Å²) in [5.41, 5.74) is 0.575. The molecule has 0 unspecified atom stereocenters. The molecule has 0 fully saturated rings. The van der Waals surface area contributed by atoms with Crippen LogP contribution in [0.4, 0.5) is 4.39 Å². The van der Waals surface area contributed by atoms with Crippen molar-refractivity contribution < 1.29 is 13.5 Å². The number of hydrogen-bond donors (Lipinski definition) is 0. The topological polar surface area (TPSA) is 48.2 Å². The summed E-state index contributed by atoms with van der Waals surface area (Å²) in [5, 5.41) is 6.65. The summed E-state index contributed by atoms with van der Waals surface area (Å²) in [6.07, 6.45) is -0.953. The molecule has 1 heterocycles. The molecule has 1 aromatic carbocycles. The van der Waals surface area contributed by atoms with E-state index in [1.165, 1.54) is 7.11 Å². The highest BCUT2D eigenvalue weighted by molar-refractivity contribution is 5.61. The Balaban J connectivity index is 2.50. The van der Waals surface area contributed by atoms with E-state index in [1.807, 2.05) is 0 Å². The second kappa shape index (κ2) is 3.45. The van der Waals surface area contributed by atoms with Crippen molar-refractivity contribution in [3.05, 3.63) is 30.4 Å². The Kier molecular flexibility index (Phi) is 2.14. The maximum absolute atomic E-state index is 12.5. The van der Waals surface area contributed by atoms with Gasteiger partial charge in [0.25, 0.3) is 5.89 Å². The molecule has 72 valence electrons. The summed E-state index contributed by atoms with van der Waals surface area (Å²) in [7, 11) is 1.52. The first-order valence-electron chi connectivity index (χ1n) is 3.93. The summed E-state index contributed by atoms with van der Waals surface area (Å²) in [6.45, 7) is 0. The molecular weight excluding hydrogens is 187 g/mol. The number of benzene rings is 1. The molecule has 0 bridgehead atoms. The van der Waals surface area contributed by atoms with Gasteiger partial charge in [-0.2, -0.15) is 0 Å². The van der Waals surface area contributed by atoms with Crippen molar-refractivity contribution in [3.8, 4) is 17.2 Å². The third-order valence-electron chi connectivity index (χ3n) is 1.74. The van der Waals surface area contributed by atoms with Gasteiger partial charge >= 0.3 is 6.14 Å². The summed E-state index contributed by atoms with van der Waals surface area (Å²) >= 11 is 0. The molecular formula is C9H7FN2O2. The fraction of sp³-hybridized carbons (Fsp3) is 0.111. The number of methoxy groups -OCH3 is 1. The van der Waals surface area contributed by atoms with E-state index in [0.717, 1.165) is 0 Å². The van der Waals surface area contributed by atoms with Gasteiger partial charge in [0.05, 0.1) is 12.7 Å². The van der Waals surface area contributed by atoms with Gasteiger partial charge in [0, 0.05) is 0 Å². The Bertz CT molecular complexity index is 442. The van der Waals surface area contributed by atoms with Gasteiger partial charge in [-0.1, -0.05) is 17.2 Å². The van der Waals surface area contributed by atoms with Gasteiger partial charge in [0.1, 0.15) is 5.75 Å². The third-order valence-corrected chi connectivity index (χ3v) is 1.74. The lowest BCUT2D eigenvalue weighted by molar-refractivity contribution is 0.341. The van der Waals surface area contributed by atoms with Crippen molar-refractivity contribution in [1.29, 1.82) is 0 Å². The van der Waals surface area contributed by atoms with Gasteiger partial charge in [-0.25, -0.2) is 0 Å². The highest BCUT2D eigenvalue weighted by Gasteiger charge is 2.11. The van der Waals surface area contributed by atoms with Gasteiger partial charge in [0.15, 0.2) is 0 Å². The fourth-order valence-corrected chi connectivity index (χ4v) is 1.14. The highest BCUT2D eigenvalue weighted by atomic mass is 19.1. The van der Waals surface area contributed by atoms with E-state index in [0.29, 0.717) is 11.3 Å². The molecule has 2 aromatic rings. The average Bonchev–Trinajstić information content (AvgIpc) is 2.65. The standard InChI is InChI=1S/C9H7FN2O2/c1-13-7-5-3-2-4-6(7)8-11-12-9(10)14-8/h2-5H,1H3. The van der Waals surface area contributed by atoms with Crippen molar-refractivity contribution >= 4 is 0 Å². The zero-order valence-corrected chi connectivity index (χ0v) is 7.40. The average molecular weight is 194 g/mol. The van der Waals surface area contributed by atoms with Crippen LogP contribution in [0.1, 0.15) is 0 Å². The van der Waals surface area contributed by atoms with Gasteiger partial charge < -0.3 is 9.15 Å². The molecule has 0 atom stereocenters. The molecule has 2 rings (SSSR count). The maximum Gasteiger partial charge on any atom is 0.402 e. The van der Waals surface area contributed by atoms with Crippen LogP contribution in [0.25, 0.3) is 11.5 Å². The van der Waals surface area contributed by atoms with Crippen LogP contribution < -0.4 is 4.74 Å². The molecule has 0 spiro atoms. The van der Waals surface area contributed by atoms with Crippen molar-refractivity contribution in [3.63, 3.8) is 0 Å². The quantitative estimate of drug-likeness (QED) is 0.732. The van der Waals surface area contributed by atoms with Crippen LogP contribution in [-0.2, 0) is 0 Å². The normalized spacial score (nSPS) is 10.1. The van der Waals surface area contributed by atoms with Crippen molar-refractivity contribution in [1.82, 2.24) is 10.2 Å². The van der Waals surface area contributed by atoms with Crippen LogP contribution >= 0.6 is 0 Å². The molecule has 4 nitrogen and oxygen atoms in total. The van der Waals surface area contributed by atoms with E-state index in [9.17, 15) is 4.39 Å². The van der Waals surface area contributed by atoms with Gasteiger partial charge in [-0.15, -0.1) is 9.49 Å². The second-order valence-corrected chi connectivity index (χ2v) is 2.56. The Morgan fingerprint density at radius 1 is 1.29 bits per heavy atom. The van der Waals surface area contributed by atoms with E-state index in [2.05, 4.69) is 14.6 Å². The molecule has 0 saturated heterocycles. The van der Waals surface area contributed by atoms with Gasteiger partial charge in [0.2, 0.25) is 0 Å². The minimum absolute atomic E-state index is 0.111. The number of rotatable bonds is 2. The summed E-state index contributed by atoms with van der Waals surface area (Å²) in [6, 6.07) is 7.03. The van der Waals surface area contributed by atoms with Crippen molar-refractivity contribution in [2.75, 3.05) is 7.11 Å². The van der Waals surface area contributed by atoms with Gasteiger partial charge in [-0.3, -0.25) is 0 Å². The first-order valence-corrected chi connectivity index (χ1v) is 3.93. The predicted octanol–water partition coefficient (Wildman–Crippen LogP) is 1.88. The van der Waals surface area contributed by atoms with Crippen LogP contribution in [0.2, 0.25) is 0 Å². The Hall–Kier alpha value is -1.91. The molecule has 0 aliphatic heterocycles. The molecule has 0 amide bonds. The molecule has 14 heavy (non-hydrogen) atoms. The molecule has 0 saturated carbocycles. The highest BCUT2D eigenvalue weighted by Crippen LogP contribution is 2.27. The third kappa shape index (κ3) is 1.44. The van der Waals surface area contributed by atoms with E-state index < -0.39 is 6.14 Å².